The lowest BCUT2D eigenvalue weighted by Crippen LogP contribution is -2.09. The zero-order valence-corrected chi connectivity index (χ0v) is 16.6. The van der Waals surface area contributed by atoms with Crippen molar-refractivity contribution in [2.45, 2.75) is 20.8 Å². The zero-order valence-electron chi connectivity index (χ0n) is 16.6. The van der Waals surface area contributed by atoms with Crippen LogP contribution < -0.4 is 14.9 Å². The molecule has 2 aromatic carbocycles. The number of ether oxygens (including phenoxy) is 2. The van der Waals surface area contributed by atoms with Crippen LogP contribution in [0.5, 0.6) is 17.5 Å². The Bertz CT molecular complexity index is 1240. The van der Waals surface area contributed by atoms with Crippen LogP contribution in [-0.4, -0.2) is 17.1 Å². The first kappa shape index (κ1) is 18.7. The Labute approximate surface area is 167 Å². The van der Waals surface area contributed by atoms with Gasteiger partial charge < -0.3 is 13.9 Å². The van der Waals surface area contributed by atoms with E-state index in [1.807, 2.05) is 45.0 Å². The van der Waals surface area contributed by atoms with Gasteiger partial charge in [-0.1, -0.05) is 11.6 Å². The fourth-order valence-electron chi connectivity index (χ4n) is 3.15. The molecule has 0 spiro atoms. The summed E-state index contributed by atoms with van der Waals surface area (Å²) in [7, 11) is 1.60. The fourth-order valence-corrected chi connectivity index (χ4v) is 3.15. The third kappa shape index (κ3) is 3.69. The first-order valence-electron chi connectivity index (χ1n) is 9.16. The fraction of sp³-hybridized carbons (Fsp3) is 0.174. The van der Waals surface area contributed by atoms with E-state index in [-0.39, 0.29) is 17.2 Å². The number of aromatic nitrogens is 2. The second-order valence-electron chi connectivity index (χ2n) is 6.85. The molecule has 0 atom stereocenters. The Kier molecular flexibility index (Phi) is 4.76. The van der Waals surface area contributed by atoms with Crippen molar-refractivity contribution in [1.82, 2.24) is 9.97 Å². The number of aryl methyl sites for hydroxylation is 3. The van der Waals surface area contributed by atoms with E-state index < -0.39 is 0 Å². The molecule has 0 aliphatic rings. The monoisotopic (exact) mass is 388 g/mol. The van der Waals surface area contributed by atoms with Gasteiger partial charge >= 0.3 is 6.01 Å². The van der Waals surface area contributed by atoms with Crippen molar-refractivity contribution in [3.8, 4) is 28.8 Å². The van der Waals surface area contributed by atoms with Crippen LogP contribution in [0.25, 0.3) is 22.3 Å². The van der Waals surface area contributed by atoms with Crippen molar-refractivity contribution in [3.05, 3.63) is 75.7 Å². The summed E-state index contributed by atoms with van der Waals surface area (Å²) in [4.78, 5) is 21.9. The van der Waals surface area contributed by atoms with Gasteiger partial charge in [-0.25, -0.2) is 9.97 Å². The highest BCUT2D eigenvalue weighted by molar-refractivity contribution is 5.82. The maximum Gasteiger partial charge on any atom is 0.322 e. The third-order valence-corrected chi connectivity index (χ3v) is 4.51. The van der Waals surface area contributed by atoms with E-state index >= 15 is 0 Å². The Hall–Kier alpha value is -3.67. The van der Waals surface area contributed by atoms with Crippen molar-refractivity contribution in [3.63, 3.8) is 0 Å². The van der Waals surface area contributed by atoms with Crippen LogP contribution in [0.4, 0.5) is 0 Å². The SMILES string of the molecule is COc1ccc(-c2oc3ccc(C)cc3c(=O)c2Oc2nc(C)cc(C)n2)cc1. The summed E-state index contributed by atoms with van der Waals surface area (Å²) in [5.74, 6) is 1.07. The molecule has 4 rings (SSSR count). The van der Waals surface area contributed by atoms with Gasteiger partial charge in [-0.15, -0.1) is 0 Å². The number of methoxy groups -OCH3 is 1. The minimum absolute atomic E-state index is 0.0540. The quantitative estimate of drug-likeness (QED) is 0.491. The Morgan fingerprint density at radius 1 is 0.897 bits per heavy atom. The molecule has 4 aromatic rings. The highest BCUT2D eigenvalue weighted by atomic mass is 16.5. The molecule has 0 aliphatic carbocycles. The van der Waals surface area contributed by atoms with Crippen LogP contribution in [0.15, 0.2) is 57.7 Å². The lowest BCUT2D eigenvalue weighted by atomic mass is 10.1. The summed E-state index contributed by atoms with van der Waals surface area (Å²) in [5.41, 5.74) is 3.35. The molecule has 29 heavy (non-hydrogen) atoms. The third-order valence-electron chi connectivity index (χ3n) is 4.51. The predicted octanol–water partition coefficient (Wildman–Crippen LogP) is 4.98. The molecule has 0 aliphatic heterocycles. The Morgan fingerprint density at radius 2 is 1.59 bits per heavy atom. The standard InChI is InChI=1S/C23H20N2O4/c1-13-5-10-19-18(11-13)20(26)22(29-23-24-14(2)12-15(3)25-23)21(28-19)16-6-8-17(27-4)9-7-16/h5-12H,1-4H3. The second kappa shape index (κ2) is 7.39. The molecule has 0 amide bonds. The van der Waals surface area contributed by atoms with Gasteiger partial charge in [0.2, 0.25) is 11.2 Å². The number of fused-ring (bicyclic) bond motifs is 1. The van der Waals surface area contributed by atoms with E-state index in [9.17, 15) is 4.79 Å². The van der Waals surface area contributed by atoms with Gasteiger partial charge in [0.1, 0.15) is 11.3 Å². The number of nitrogens with zero attached hydrogens (tertiary/aromatic N) is 2. The summed E-state index contributed by atoms with van der Waals surface area (Å²) in [6.45, 7) is 5.61. The Morgan fingerprint density at radius 3 is 2.24 bits per heavy atom. The lowest BCUT2D eigenvalue weighted by Gasteiger charge is -2.12. The van der Waals surface area contributed by atoms with Crippen LogP contribution in [-0.2, 0) is 0 Å². The molecule has 2 heterocycles. The molecular formula is C23H20N2O4. The van der Waals surface area contributed by atoms with Gasteiger partial charge in [0.15, 0.2) is 5.76 Å². The van der Waals surface area contributed by atoms with Crippen LogP contribution in [0, 0.1) is 20.8 Å². The highest BCUT2D eigenvalue weighted by Gasteiger charge is 2.20. The van der Waals surface area contributed by atoms with E-state index in [1.54, 1.807) is 31.4 Å². The molecule has 0 bridgehead atoms. The van der Waals surface area contributed by atoms with E-state index in [2.05, 4.69) is 9.97 Å². The van der Waals surface area contributed by atoms with Gasteiger partial charge in [-0.05, 0) is 63.2 Å². The van der Waals surface area contributed by atoms with E-state index in [4.69, 9.17) is 13.9 Å². The molecule has 6 heteroatoms. The summed E-state index contributed by atoms with van der Waals surface area (Å²) in [6.07, 6.45) is 0. The van der Waals surface area contributed by atoms with Crippen LogP contribution in [0.3, 0.4) is 0 Å². The van der Waals surface area contributed by atoms with Crippen LogP contribution in [0.2, 0.25) is 0 Å². The molecule has 0 unspecified atom stereocenters. The average molecular weight is 388 g/mol. The summed E-state index contributed by atoms with van der Waals surface area (Å²) in [5, 5.41) is 0.446. The zero-order chi connectivity index (χ0) is 20.5. The van der Waals surface area contributed by atoms with Gasteiger partial charge in [-0.2, -0.15) is 0 Å². The maximum atomic E-state index is 13.3. The smallest absolute Gasteiger partial charge is 0.322 e. The first-order valence-corrected chi connectivity index (χ1v) is 9.16. The first-order chi connectivity index (χ1) is 13.9. The highest BCUT2D eigenvalue weighted by Crippen LogP contribution is 2.34. The molecule has 0 saturated carbocycles. The molecule has 6 nitrogen and oxygen atoms in total. The van der Waals surface area contributed by atoms with E-state index in [0.29, 0.717) is 28.0 Å². The van der Waals surface area contributed by atoms with Crippen LogP contribution >= 0.6 is 0 Å². The molecular weight excluding hydrogens is 368 g/mol. The summed E-state index contributed by atoms with van der Waals surface area (Å²) in [6, 6.07) is 14.6. The van der Waals surface area contributed by atoms with Gasteiger partial charge in [0.25, 0.3) is 0 Å². The largest absolute Gasteiger partial charge is 0.497 e. The molecule has 0 N–H and O–H groups in total. The molecule has 0 fully saturated rings. The molecule has 0 saturated heterocycles. The number of rotatable bonds is 4. The number of hydrogen-bond donors (Lipinski definition) is 0. The minimum Gasteiger partial charge on any atom is -0.497 e. The van der Waals surface area contributed by atoms with E-state index in [1.165, 1.54) is 0 Å². The van der Waals surface area contributed by atoms with Crippen molar-refractivity contribution in [1.29, 1.82) is 0 Å². The lowest BCUT2D eigenvalue weighted by molar-refractivity contribution is 0.414. The average Bonchev–Trinajstić information content (AvgIpc) is 2.70. The Balaban J connectivity index is 1.95. The van der Waals surface area contributed by atoms with Gasteiger partial charge in [0, 0.05) is 17.0 Å². The number of hydrogen-bond acceptors (Lipinski definition) is 6. The van der Waals surface area contributed by atoms with E-state index in [0.717, 1.165) is 17.0 Å². The molecule has 146 valence electrons. The van der Waals surface area contributed by atoms with Crippen molar-refractivity contribution in [2.75, 3.05) is 7.11 Å². The normalized spacial score (nSPS) is 10.9. The van der Waals surface area contributed by atoms with Crippen molar-refractivity contribution >= 4 is 11.0 Å². The number of benzene rings is 2. The predicted molar refractivity (Wildman–Crippen MR) is 111 cm³/mol. The van der Waals surface area contributed by atoms with Crippen LogP contribution in [0.1, 0.15) is 17.0 Å². The second-order valence-corrected chi connectivity index (χ2v) is 6.85. The van der Waals surface area contributed by atoms with Gasteiger partial charge in [0.05, 0.1) is 12.5 Å². The molecule has 0 radical (unpaired) electrons. The van der Waals surface area contributed by atoms with Gasteiger partial charge in [-0.3, -0.25) is 4.79 Å². The summed E-state index contributed by atoms with van der Waals surface area (Å²) >= 11 is 0. The molecule has 2 aromatic heterocycles. The minimum atomic E-state index is -0.275. The maximum absolute atomic E-state index is 13.3. The topological polar surface area (TPSA) is 74.5 Å². The summed E-state index contributed by atoms with van der Waals surface area (Å²) < 4.78 is 17.2. The van der Waals surface area contributed by atoms with Crippen molar-refractivity contribution < 1.29 is 13.9 Å². The van der Waals surface area contributed by atoms with Crippen molar-refractivity contribution in [2.24, 2.45) is 0 Å².